The molecule has 1 N–H and O–H groups in total. The molecule has 92 valence electrons. The number of benzene rings is 2. The lowest BCUT2D eigenvalue weighted by Crippen LogP contribution is -2.05. The van der Waals surface area contributed by atoms with E-state index in [2.05, 4.69) is 0 Å². The van der Waals surface area contributed by atoms with Crippen LogP contribution in [0, 0.1) is 17.5 Å². The fraction of sp³-hybridized carbons (Fsp3) is 0. The predicted molar refractivity (Wildman–Crippen MR) is 57.9 cm³/mol. The summed E-state index contributed by atoms with van der Waals surface area (Å²) >= 11 is 0. The van der Waals surface area contributed by atoms with Gasteiger partial charge in [-0.05, 0) is 30.3 Å². The van der Waals surface area contributed by atoms with Gasteiger partial charge in [0.2, 0.25) is 0 Å². The van der Waals surface area contributed by atoms with Crippen LogP contribution in [0.2, 0.25) is 0 Å². The number of carbonyl (C=O) groups is 1. The van der Waals surface area contributed by atoms with Gasteiger partial charge in [-0.3, -0.25) is 4.79 Å². The van der Waals surface area contributed by atoms with Gasteiger partial charge in [-0.1, -0.05) is 0 Å². The second-order valence-electron chi connectivity index (χ2n) is 3.62. The molecule has 2 nitrogen and oxygen atoms in total. The van der Waals surface area contributed by atoms with E-state index >= 15 is 0 Å². The van der Waals surface area contributed by atoms with Gasteiger partial charge in [0.15, 0.2) is 17.3 Å². The lowest BCUT2D eigenvalue weighted by molar-refractivity contribution is 0.103. The van der Waals surface area contributed by atoms with Gasteiger partial charge in [0.1, 0.15) is 11.6 Å². The van der Waals surface area contributed by atoms with Crippen LogP contribution >= 0.6 is 0 Å². The Labute approximate surface area is 100 Å². The number of halogens is 3. The van der Waals surface area contributed by atoms with Crippen molar-refractivity contribution < 1.29 is 23.1 Å². The van der Waals surface area contributed by atoms with Gasteiger partial charge in [0.25, 0.3) is 0 Å². The van der Waals surface area contributed by atoms with Crippen molar-refractivity contribution in [3.63, 3.8) is 0 Å². The quantitative estimate of drug-likeness (QED) is 0.834. The highest BCUT2D eigenvalue weighted by atomic mass is 19.1. The topological polar surface area (TPSA) is 37.3 Å². The van der Waals surface area contributed by atoms with Crippen molar-refractivity contribution in [2.75, 3.05) is 0 Å². The Kier molecular flexibility index (Phi) is 3.06. The molecule has 0 saturated heterocycles. The van der Waals surface area contributed by atoms with Crippen molar-refractivity contribution in [3.05, 3.63) is 65.0 Å². The molecule has 0 saturated carbocycles. The number of carbonyl (C=O) groups excluding carboxylic acids is 1. The fourth-order valence-electron chi connectivity index (χ4n) is 1.48. The van der Waals surface area contributed by atoms with Crippen molar-refractivity contribution in [2.45, 2.75) is 0 Å². The van der Waals surface area contributed by atoms with Gasteiger partial charge in [0.05, 0.1) is 5.56 Å². The minimum Gasteiger partial charge on any atom is -0.505 e. The minimum absolute atomic E-state index is 0.129. The van der Waals surface area contributed by atoms with E-state index < -0.39 is 29.0 Å². The molecule has 0 fully saturated rings. The third-order valence-electron chi connectivity index (χ3n) is 2.39. The molecular weight excluding hydrogens is 245 g/mol. The molecular formula is C13H7F3O2. The highest BCUT2D eigenvalue weighted by molar-refractivity contribution is 6.09. The monoisotopic (exact) mass is 252 g/mol. The number of phenolic OH excluding ortho intramolecular Hbond substituents is 1. The fourth-order valence-corrected chi connectivity index (χ4v) is 1.48. The van der Waals surface area contributed by atoms with Crippen molar-refractivity contribution >= 4 is 5.78 Å². The summed E-state index contributed by atoms with van der Waals surface area (Å²) in [6.07, 6.45) is 0. The summed E-state index contributed by atoms with van der Waals surface area (Å²) in [4.78, 5) is 11.8. The van der Waals surface area contributed by atoms with Crippen LogP contribution in [0.3, 0.4) is 0 Å². The van der Waals surface area contributed by atoms with Crippen LogP contribution in [0.25, 0.3) is 0 Å². The molecule has 0 heterocycles. The van der Waals surface area contributed by atoms with Gasteiger partial charge in [-0.15, -0.1) is 0 Å². The first-order chi connectivity index (χ1) is 8.49. The van der Waals surface area contributed by atoms with Crippen LogP contribution in [-0.4, -0.2) is 10.9 Å². The van der Waals surface area contributed by atoms with Crippen molar-refractivity contribution in [1.82, 2.24) is 0 Å². The summed E-state index contributed by atoms with van der Waals surface area (Å²) in [7, 11) is 0. The Morgan fingerprint density at radius 3 is 2.28 bits per heavy atom. The Morgan fingerprint density at radius 1 is 0.944 bits per heavy atom. The average Bonchev–Trinajstić information content (AvgIpc) is 2.32. The average molecular weight is 252 g/mol. The number of phenols is 1. The van der Waals surface area contributed by atoms with E-state index in [0.29, 0.717) is 6.07 Å². The lowest BCUT2D eigenvalue weighted by Gasteiger charge is -2.04. The molecule has 2 aromatic rings. The van der Waals surface area contributed by atoms with E-state index in [-0.39, 0.29) is 11.1 Å². The van der Waals surface area contributed by atoms with E-state index in [1.165, 1.54) is 0 Å². The Balaban J connectivity index is 2.44. The maximum absolute atomic E-state index is 13.4. The second kappa shape index (κ2) is 4.52. The summed E-state index contributed by atoms with van der Waals surface area (Å²) in [5.74, 6) is -4.20. The number of hydrogen-bond donors (Lipinski definition) is 1. The molecule has 0 unspecified atom stereocenters. The van der Waals surface area contributed by atoms with Crippen LogP contribution in [0.15, 0.2) is 36.4 Å². The van der Waals surface area contributed by atoms with E-state index in [1.807, 2.05) is 0 Å². The van der Waals surface area contributed by atoms with E-state index in [9.17, 15) is 18.0 Å². The number of hydrogen-bond acceptors (Lipinski definition) is 2. The van der Waals surface area contributed by atoms with Crippen LogP contribution < -0.4 is 0 Å². The van der Waals surface area contributed by atoms with Crippen molar-refractivity contribution in [2.24, 2.45) is 0 Å². The third-order valence-corrected chi connectivity index (χ3v) is 2.39. The smallest absolute Gasteiger partial charge is 0.196 e. The highest BCUT2D eigenvalue weighted by Crippen LogP contribution is 2.20. The van der Waals surface area contributed by atoms with Gasteiger partial charge < -0.3 is 5.11 Å². The van der Waals surface area contributed by atoms with E-state index in [0.717, 1.165) is 30.3 Å². The molecule has 0 aliphatic rings. The van der Waals surface area contributed by atoms with Crippen LogP contribution in [0.5, 0.6) is 5.75 Å². The van der Waals surface area contributed by atoms with Crippen molar-refractivity contribution in [3.8, 4) is 5.75 Å². The molecule has 0 aromatic heterocycles. The lowest BCUT2D eigenvalue weighted by atomic mass is 10.0. The zero-order chi connectivity index (χ0) is 13.3. The second-order valence-corrected chi connectivity index (χ2v) is 3.62. The summed E-state index contributed by atoms with van der Waals surface area (Å²) in [6, 6.07) is 5.43. The number of rotatable bonds is 2. The minimum atomic E-state index is -1.02. The summed E-state index contributed by atoms with van der Waals surface area (Å²) in [6.45, 7) is 0. The zero-order valence-electron chi connectivity index (χ0n) is 8.95. The summed E-state index contributed by atoms with van der Waals surface area (Å²) < 4.78 is 39.1. The van der Waals surface area contributed by atoms with Crippen molar-refractivity contribution in [1.29, 1.82) is 0 Å². The Bertz CT molecular complexity index is 624. The molecule has 0 aliphatic carbocycles. The maximum Gasteiger partial charge on any atom is 0.196 e. The SMILES string of the molecule is O=C(c1ccc(O)c(F)c1)c1ccc(F)cc1F. The molecule has 18 heavy (non-hydrogen) atoms. The molecule has 0 amide bonds. The molecule has 0 spiro atoms. The largest absolute Gasteiger partial charge is 0.505 e. The first kappa shape index (κ1) is 12.2. The number of aromatic hydroxyl groups is 1. The molecule has 0 radical (unpaired) electrons. The van der Waals surface area contributed by atoms with Gasteiger partial charge in [-0.25, -0.2) is 13.2 Å². The first-order valence-corrected chi connectivity index (χ1v) is 4.97. The van der Waals surface area contributed by atoms with Crippen LogP contribution in [0.1, 0.15) is 15.9 Å². The molecule has 2 rings (SSSR count). The zero-order valence-corrected chi connectivity index (χ0v) is 8.95. The van der Waals surface area contributed by atoms with E-state index in [1.54, 1.807) is 0 Å². The van der Waals surface area contributed by atoms with Crippen LogP contribution in [0.4, 0.5) is 13.2 Å². The standard InChI is InChI=1S/C13H7F3O2/c14-8-2-3-9(10(15)6-8)13(18)7-1-4-12(17)11(16)5-7/h1-6,17H. The van der Waals surface area contributed by atoms with Crippen LogP contribution in [-0.2, 0) is 0 Å². The maximum atomic E-state index is 13.4. The van der Waals surface area contributed by atoms with Gasteiger partial charge in [0, 0.05) is 11.6 Å². The van der Waals surface area contributed by atoms with E-state index in [4.69, 9.17) is 5.11 Å². The molecule has 2 aromatic carbocycles. The highest BCUT2D eigenvalue weighted by Gasteiger charge is 2.16. The first-order valence-electron chi connectivity index (χ1n) is 4.97. The molecule has 0 bridgehead atoms. The number of ketones is 1. The predicted octanol–water partition coefficient (Wildman–Crippen LogP) is 3.04. The summed E-state index contributed by atoms with van der Waals surface area (Å²) in [5, 5.41) is 8.98. The molecule has 5 heteroatoms. The Morgan fingerprint density at radius 2 is 1.67 bits per heavy atom. The van der Waals surface area contributed by atoms with Gasteiger partial charge >= 0.3 is 0 Å². The molecule has 0 aliphatic heterocycles. The normalized spacial score (nSPS) is 10.4. The summed E-state index contributed by atoms with van der Waals surface area (Å²) in [5.41, 5.74) is -0.489. The molecule has 0 atom stereocenters. The van der Waals surface area contributed by atoms with Gasteiger partial charge in [-0.2, -0.15) is 0 Å². The Hall–Kier alpha value is -2.30. The third kappa shape index (κ3) is 2.20.